The van der Waals surface area contributed by atoms with Crippen molar-refractivity contribution in [1.82, 2.24) is 31.2 Å². The van der Waals surface area contributed by atoms with E-state index in [1.165, 1.54) is 12.5 Å². The fraction of sp³-hybridized carbons (Fsp3) is 0.682. The number of hydrogen-bond acceptors (Lipinski definition) is 7. The summed E-state index contributed by atoms with van der Waals surface area (Å²) in [7, 11) is 0. The van der Waals surface area contributed by atoms with Crippen LogP contribution in [0.4, 0.5) is 0 Å². The van der Waals surface area contributed by atoms with Crippen molar-refractivity contribution in [1.29, 1.82) is 0 Å². The number of nitrogens with two attached hydrogens (primary N) is 1. The number of nitrogens with zero attached hydrogens (tertiary/aromatic N) is 1. The van der Waals surface area contributed by atoms with E-state index >= 15 is 0 Å². The largest absolute Gasteiger partial charge is 0.480 e. The van der Waals surface area contributed by atoms with Gasteiger partial charge in [0.1, 0.15) is 18.1 Å². The van der Waals surface area contributed by atoms with Crippen LogP contribution >= 0.6 is 0 Å². The minimum atomic E-state index is -1.20. The second-order valence-corrected chi connectivity index (χ2v) is 8.91. The van der Waals surface area contributed by atoms with Crippen molar-refractivity contribution >= 4 is 23.7 Å². The Kier molecular flexibility index (Phi) is 10.9. The zero-order chi connectivity index (χ0) is 25.1. The van der Waals surface area contributed by atoms with E-state index in [4.69, 9.17) is 5.73 Å². The molecular formula is C22H37N7O5. The smallest absolute Gasteiger partial charge is 0.326 e. The summed E-state index contributed by atoms with van der Waals surface area (Å²) >= 11 is 0. The number of nitrogens with one attached hydrogen (secondary N) is 5. The molecule has 190 valence electrons. The average Bonchev–Trinajstić information content (AvgIpc) is 3.50. The predicted octanol–water partition coefficient (Wildman–Crippen LogP) is -0.972. The number of aromatic nitrogens is 2. The van der Waals surface area contributed by atoms with Gasteiger partial charge in [0.2, 0.25) is 17.7 Å². The summed E-state index contributed by atoms with van der Waals surface area (Å²) in [6, 6.07) is -3.34. The van der Waals surface area contributed by atoms with Gasteiger partial charge in [-0.3, -0.25) is 14.4 Å². The SMILES string of the molecule is CC(C)C(NC(=O)C1CCCN1)C(=O)NC(CCCCN)C(=O)NC(Cc1cnc[nH]1)C(=O)O. The summed E-state index contributed by atoms with van der Waals surface area (Å²) < 4.78 is 0. The highest BCUT2D eigenvalue weighted by Gasteiger charge is 2.32. The summed E-state index contributed by atoms with van der Waals surface area (Å²) in [6.07, 6.45) is 6.02. The minimum Gasteiger partial charge on any atom is -0.480 e. The summed E-state index contributed by atoms with van der Waals surface area (Å²) in [4.78, 5) is 57.0. The monoisotopic (exact) mass is 479 g/mol. The number of carbonyl (C=O) groups excluding carboxylic acids is 3. The van der Waals surface area contributed by atoms with Crippen molar-refractivity contribution in [2.45, 2.75) is 76.5 Å². The fourth-order valence-corrected chi connectivity index (χ4v) is 3.81. The molecule has 34 heavy (non-hydrogen) atoms. The van der Waals surface area contributed by atoms with Gasteiger partial charge in [-0.2, -0.15) is 0 Å². The number of carbonyl (C=O) groups is 4. The summed E-state index contributed by atoms with van der Waals surface area (Å²) in [5, 5.41) is 20.7. The van der Waals surface area contributed by atoms with E-state index in [0.29, 0.717) is 31.5 Å². The average molecular weight is 480 g/mol. The molecule has 0 saturated carbocycles. The van der Waals surface area contributed by atoms with Gasteiger partial charge in [-0.15, -0.1) is 0 Å². The molecule has 1 fully saturated rings. The molecule has 1 aromatic rings. The second kappa shape index (κ2) is 13.7. The fourth-order valence-electron chi connectivity index (χ4n) is 3.81. The second-order valence-electron chi connectivity index (χ2n) is 8.91. The lowest BCUT2D eigenvalue weighted by atomic mass is 10.0. The molecule has 2 heterocycles. The predicted molar refractivity (Wildman–Crippen MR) is 124 cm³/mol. The first kappa shape index (κ1) is 27.3. The highest BCUT2D eigenvalue weighted by atomic mass is 16.4. The van der Waals surface area contributed by atoms with E-state index in [9.17, 15) is 24.3 Å². The van der Waals surface area contributed by atoms with Gasteiger partial charge in [-0.25, -0.2) is 9.78 Å². The van der Waals surface area contributed by atoms with Crippen LogP contribution in [0.2, 0.25) is 0 Å². The number of imidazole rings is 1. The molecule has 4 atom stereocenters. The van der Waals surface area contributed by atoms with E-state index in [-0.39, 0.29) is 30.7 Å². The highest BCUT2D eigenvalue weighted by Crippen LogP contribution is 2.10. The van der Waals surface area contributed by atoms with Crippen molar-refractivity contribution in [2.24, 2.45) is 11.7 Å². The zero-order valence-corrected chi connectivity index (χ0v) is 19.8. The lowest BCUT2D eigenvalue weighted by Gasteiger charge is -2.27. The molecule has 0 aromatic carbocycles. The number of carboxylic acid groups (broad SMARTS) is 1. The molecule has 12 heteroatoms. The molecular weight excluding hydrogens is 442 g/mol. The van der Waals surface area contributed by atoms with Gasteiger partial charge in [-0.05, 0) is 51.1 Å². The van der Waals surface area contributed by atoms with E-state index in [1.54, 1.807) is 13.8 Å². The van der Waals surface area contributed by atoms with Gasteiger partial charge < -0.3 is 37.1 Å². The van der Waals surface area contributed by atoms with Crippen LogP contribution in [-0.2, 0) is 25.6 Å². The van der Waals surface area contributed by atoms with Crippen molar-refractivity contribution < 1.29 is 24.3 Å². The minimum absolute atomic E-state index is 0.0175. The Bertz CT molecular complexity index is 809. The van der Waals surface area contributed by atoms with Crippen LogP contribution in [0.15, 0.2) is 12.5 Å². The van der Waals surface area contributed by atoms with Crippen LogP contribution in [0.1, 0.15) is 51.6 Å². The van der Waals surface area contributed by atoms with Crippen LogP contribution in [0.25, 0.3) is 0 Å². The van der Waals surface area contributed by atoms with Crippen LogP contribution in [0.5, 0.6) is 0 Å². The molecule has 0 bridgehead atoms. The number of H-pyrrole nitrogens is 1. The van der Waals surface area contributed by atoms with Gasteiger partial charge >= 0.3 is 5.97 Å². The normalized spacial score (nSPS) is 18.2. The number of aliphatic carboxylic acids is 1. The van der Waals surface area contributed by atoms with E-state index < -0.39 is 35.9 Å². The first-order chi connectivity index (χ1) is 16.2. The van der Waals surface area contributed by atoms with Crippen molar-refractivity contribution in [3.63, 3.8) is 0 Å². The van der Waals surface area contributed by atoms with E-state index in [1.807, 2.05) is 0 Å². The van der Waals surface area contributed by atoms with Crippen LogP contribution < -0.4 is 27.0 Å². The molecule has 1 aliphatic rings. The number of rotatable bonds is 14. The molecule has 0 radical (unpaired) electrons. The third kappa shape index (κ3) is 8.41. The Morgan fingerprint density at radius 2 is 1.88 bits per heavy atom. The van der Waals surface area contributed by atoms with Gasteiger partial charge in [0.05, 0.1) is 12.4 Å². The molecule has 12 nitrogen and oxygen atoms in total. The third-order valence-electron chi connectivity index (χ3n) is 5.80. The number of aromatic amines is 1. The Morgan fingerprint density at radius 3 is 2.44 bits per heavy atom. The lowest BCUT2D eigenvalue weighted by Crippen LogP contribution is -2.58. The number of unbranched alkanes of at least 4 members (excludes halogenated alkanes) is 1. The van der Waals surface area contributed by atoms with Crippen molar-refractivity contribution in [2.75, 3.05) is 13.1 Å². The van der Waals surface area contributed by atoms with Crippen molar-refractivity contribution in [3.8, 4) is 0 Å². The molecule has 3 amide bonds. The highest BCUT2D eigenvalue weighted by molar-refractivity contribution is 5.94. The Balaban J connectivity index is 2.07. The number of amides is 3. The van der Waals surface area contributed by atoms with Crippen LogP contribution in [0, 0.1) is 5.92 Å². The maximum atomic E-state index is 13.1. The van der Waals surface area contributed by atoms with Crippen LogP contribution in [0.3, 0.4) is 0 Å². The Hall–Kier alpha value is -2.99. The third-order valence-corrected chi connectivity index (χ3v) is 5.80. The molecule has 1 aromatic heterocycles. The lowest BCUT2D eigenvalue weighted by molar-refractivity contribution is -0.142. The molecule has 2 rings (SSSR count). The standard InChI is InChI=1S/C22H37N7O5/c1-13(2)18(29-19(30)15-7-5-9-25-15)21(32)27-16(6-3-4-8-23)20(31)28-17(22(33)34)10-14-11-24-12-26-14/h11-13,15-18,25H,3-10,23H2,1-2H3,(H,24,26)(H,27,32)(H,28,31)(H,29,30)(H,33,34). The topological polar surface area (TPSA) is 191 Å². The van der Waals surface area contributed by atoms with Gasteiger partial charge in [0, 0.05) is 18.3 Å². The van der Waals surface area contributed by atoms with E-state index in [0.717, 1.165) is 13.0 Å². The Morgan fingerprint density at radius 1 is 1.15 bits per heavy atom. The molecule has 8 N–H and O–H groups in total. The molecule has 0 spiro atoms. The van der Waals surface area contributed by atoms with E-state index in [2.05, 4.69) is 31.2 Å². The summed E-state index contributed by atoms with van der Waals surface area (Å²) in [5.41, 5.74) is 6.12. The van der Waals surface area contributed by atoms with Crippen LogP contribution in [-0.4, -0.2) is 76.0 Å². The number of hydrogen-bond donors (Lipinski definition) is 7. The molecule has 4 unspecified atom stereocenters. The number of carboxylic acids is 1. The molecule has 1 aliphatic heterocycles. The quantitative estimate of drug-likeness (QED) is 0.166. The van der Waals surface area contributed by atoms with Crippen molar-refractivity contribution in [3.05, 3.63) is 18.2 Å². The Labute approximate surface area is 199 Å². The first-order valence-corrected chi connectivity index (χ1v) is 11.8. The van der Waals surface area contributed by atoms with Gasteiger partial charge in [0.25, 0.3) is 0 Å². The first-order valence-electron chi connectivity index (χ1n) is 11.8. The molecule has 1 saturated heterocycles. The zero-order valence-electron chi connectivity index (χ0n) is 19.8. The summed E-state index contributed by atoms with van der Waals surface area (Å²) in [5.74, 6) is -2.77. The molecule has 0 aliphatic carbocycles. The van der Waals surface area contributed by atoms with Gasteiger partial charge in [0.15, 0.2) is 0 Å². The summed E-state index contributed by atoms with van der Waals surface area (Å²) in [6.45, 7) is 4.80. The maximum Gasteiger partial charge on any atom is 0.326 e. The van der Waals surface area contributed by atoms with Gasteiger partial charge in [-0.1, -0.05) is 13.8 Å². The maximum absolute atomic E-state index is 13.1.